The lowest BCUT2D eigenvalue weighted by Crippen LogP contribution is -2.52. The Morgan fingerprint density at radius 3 is 2.38 bits per heavy atom. The number of nitrogens with one attached hydrogen (secondary N) is 2. The topological polar surface area (TPSA) is 61.4 Å². The summed E-state index contributed by atoms with van der Waals surface area (Å²) in [6.07, 6.45) is 0.977. The van der Waals surface area contributed by atoms with Gasteiger partial charge in [0.25, 0.3) is 10.2 Å². The van der Waals surface area contributed by atoms with Crippen LogP contribution < -0.4 is 10.0 Å². The van der Waals surface area contributed by atoms with E-state index in [1.165, 1.54) is 4.31 Å². The van der Waals surface area contributed by atoms with Gasteiger partial charge >= 0.3 is 0 Å². The summed E-state index contributed by atoms with van der Waals surface area (Å²) in [6, 6.07) is -0.00937. The second-order valence-corrected chi connectivity index (χ2v) is 6.15. The maximum absolute atomic E-state index is 12.0. The van der Waals surface area contributed by atoms with Crippen LogP contribution in [0.5, 0.6) is 0 Å². The number of rotatable bonds is 5. The Labute approximate surface area is 98.8 Å². The second kappa shape index (κ2) is 5.95. The molecule has 0 aromatic rings. The summed E-state index contributed by atoms with van der Waals surface area (Å²) in [5.41, 5.74) is 0. The number of nitrogens with zero attached hydrogens (tertiary/aromatic N) is 1. The van der Waals surface area contributed by atoms with Gasteiger partial charge in [-0.15, -0.1) is 0 Å². The third-order valence-electron chi connectivity index (χ3n) is 3.25. The van der Waals surface area contributed by atoms with Crippen molar-refractivity contribution in [3.8, 4) is 0 Å². The third kappa shape index (κ3) is 3.69. The smallest absolute Gasteiger partial charge is 0.279 e. The highest BCUT2D eigenvalue weighted by atomic mass is 32.2. The average Bonchev–Trinajstić information content (AvgIpc) is 2.28. The molecule has 1 aliphatic rings. The molecule has 0 radical (unpaired) electrons. The lowest BCUT2D eigenvalue weighted by atomic mass is 10.0. The van der Waals surface area contributed by atoms with Gasteiger partial charge in [0.05, 0.1) is 0 Å². The van der Waals surface area contributed by atoms with Crippen LogP contribution in [0.25, 0.3) is 0 Å². The van der Waals surface area contributed by atoms with Crippen LogP contribution in [0.15, 0.2) is 0 Å². The van der Waals surface area contributed by atoms with E-state index in [2.05, 4.69) is 23.9 Å². The lowest BCUT2D eigenvalue weighted by molar-refractivity contribution is 0.343. The molecule has 0 amide bonds. The largest absolute Gasteiger partial charge is 0.314 e. The van der Waals surface area contributed by atoms with Crippen LogP contribution in [0.3, 0.4) is 0 Å². The molecule has 96 valence electrons. The fraction of sp³-hybridized carbons (Fsp3) is 1.00. The van der Waals surface area contributed by atoms with Crippen molar-refractivity contribution in [3.63, 3.8) is 0 Å². The van der Waals surface area contributed by atoms with E-state index in [-0.39, 0.29) is 6.04 Å². The van der Waals surface area contributed by atoms with Gasteiger partial charge in [-0.1, -0.05) is 20.3 Å². The van der Waals surface area contributed by atoms with E-state index in [0.717, 1.165) is 19.5 Å². The Hall–Kier alpha value is -0.170. The predicted octanol–water partition coefficient (Wildman–Crippen LogP) is 0.161. The Balaban J connectivity index is 2.56. The van der Waals surface area contributed by atoms with Gasteiger partial charge in [-0.25, -0.2) is 0 Å². The fourth-order valence-electron chi connectivity index (χ4n) is 1.66. The first-order valence-corrected chi connectivity index (χ1v) is 7.39. The first-order valence-electron chi connectivity index (χ1n) is 5.95. The second-order valence-electron chi connectivity index (χ2n) is 4.45. The molecule has 1 rings (SSSR count). The van der Waals surface area contributed by atoms with Gasteiger partial charge in [0.2, 0.25) is 0 Å². The summed E-state index contributed by atoms with van der Waals surface area (Å²) in [7, 11) is -3.29. The highest BCUT2D eigenvalue weighted by molar-refractivity contribution is 7.87. The zero-order valence-electron chi connectivity index (χ0n) is 10.4. The van der Waals surface area contributed by atoms with Gasteiger partial charge in [0, 0.05) is 32.2 Å². The van der Waals surface area contributed by atoms with Crippen molar-refractivity contribution < 1.29 is 8.42 Å². The summed E-state index contributed by atoms with van der Waals surface area (Å²) >= 11 is 0. The van der Waals surface area contributed by atoms with Crippen LogP contribution in [0, 0.1) is 5.92 Å². The van der Waals surface area contributed by atoms with Crippen molar-refractivity contribution in [1.82, 2.24) is 14.3 Å². The van der Waals surface area contributed by atoms with Gasteiger partial charge in [-0.05, 0) is 12.8 Å². The molecule has 0 spiro atoms. The van der Waals surface area contributed by atoms with Gasteiger partial charge in [-0.3, -0.25) is 0 Å². The van der Waals surface area contributed by atoms with Crippen LogP contribution in [0.4, 0.5) is 0 Å². The molecule has 2 atom stereocenters. The molecule has 1 saturated heterocycles. The summed E-state index contributed by atoms with van der Waals surface area (Å²) in [5, 5.41) is 3.14. The molecule has 0 aromatic carbocycles. The molecule has 2 unspecified atom stereocenters. The quantitative estimate of drug-likeness (QED) is 0.730. The van der Waals surface area contributed by atoms with Crippen LogP contribution in [-0.2, 0) is 10.2 Å². The van der Waals surface area contributed by atoms with Crippen LogP contribution >= 0.6 is 0 Å². The maximum Gasteiger partial charge on any atom is 0.279 e. The van der Waals surface area contributed by atoms with Crippen molar-refractivity contribution in [2.45, 2.75) is 33.2 Å². The SMILES string of the molecule is CCC(C)C(C)NS(=O)(=O)N1CCNCC1. The molecule has 5 nitrogen and oxygen atoms in total. The molecule has 1 aliphatic heterocycles. The summed E-state index contributed by atoms with van der Waals surface area (Å²) in [4.78, 5) is 0. The molecule has 16 heavy (non-hydrogen) atoms. The number of hydrogen-bond acceptors (Lipinski definition) is 3. The molecular formula is C10H23N3O2S. The molecule has 0 bridgehead atoms. The molecule has 1 heterocycles. The monoisotopic (exact) mass is 249 g/mol. The molecular weight excluding hydrogens is 226 g/mol. The number of hydrogen-bond donors (Lipinski definition) is 2. The zero-order chi connectivity index (χ0) is 12.2. The van der Waals surface area contributed by atoms with E-state index in [1.807, 2.05) is 6.92 Å². The van der Waals surface area contributed by atoms with E-state index in [0.29, 0.717) is 19.0 Å². The normalized spacial score (nSPS) is 22.9. The lowest BCUT2D eigenvalue weighted by Gasteiger charge is -2.29. The van der Waals surface area contributed by atoms with E-state index in [9.17, 15) is 8.42 Å². The molecule has 0 aliphatic carbocycles. The molecule has 6 heteroatoms. The Morgan fingerprint density at radius 1 is 1.31 bits per heavy atom. The van der Waals surface area contributed by atoms with Crippen LogP contribution in [0.1, 0.15) is 27.2 Å². The van der Waals surface area contributed by atoms with E-state index in [4.69, 9.17) is 0 Å². The van der Waals surface area contributed by atoms with Crippen molar-refractivity contribution >= 4 is 10.2 Å². The minimum atomic E-state index is -3.29. The zero-order valence-corrected chi connectivity index (χ0v) is 11.2. The summed E-state index contributed by atoms with van der Waals surface area (Å²) in [5.74, 6) is 0.359. The highest BCUT2D eigenvalue weighted by Gasteiger charge is 2.26. The van der Waals surface area contributed by atoms with Crippen molar-refractivity contribution in [2.24, 2.45) is 5.92 Å². The standard InChI is InChI=1S/C10H23N3O2S/c1-4-9(2)10(3)12-16(14,15)13-7-5-11-6-8-13/h9-12H,4-8H2,1-3H3. The van der Waals surface area contributed by atoms with Gasteiger partial charge in [0.1, 0.15) is 0 Å². The Bertz CT molecular complexity index is 299. The first kappa shape index (κ1) is 13.9. The highest BCUT2D eigenvalue weighted by Crippen LogP contribution is 2.09. The Morgan fingerprint density at radius 2 is 1.88 bits per heavy atom. The van der Waals surface area contributed by atoms with E-state index < -0.39 is 10.2 Å². The molecule has 2 N–H and O–H groups in total. The molecule has 1 fully saturated rings. The maximum atomic E-state index is 12.0. The van der Waals surface area contributed by atoms with Crippen molar-refractivity contribution in [1.29, 1.82) is 0 Å². The summed E-state index contributed by atoms with van der Waals surface area (Å²) < 4.78 is 28.3. The van der Waals surface area contributed by atoms with Crippen molar-refractivity contribution in [3.05, 3.63) is 0 Å². The molecule has 0 aromatic heterocycles. The van der Waals surface area contributed by atoms with Gasteiger partial charge < -0.3 is 5.32 Å². The molecule has 0 saturated carbocycles. The fourth-order valence-corrected chi connectivity index (χ4v) is 3.18. The van der Waals surface area contributed by atoms with Crippen LogP contribution in [0.2, 0.25) is 0 Å². The van der Waals surface area contributed by atoms with Gasteiger partial charge in [-0.2, -0.15) is 17.4 Å². The van der Waals surface area contributed by atoms with E-state index in [1.54, 1.807) is 0 Å². The third-order valence-corrected chi connectivity index (χ3v) is 4.96. The van der Waals surface area contributed by atoms with E-state index >= 15 is 0 Å². The van der Waals surface area contributed by atoms with Crippen LogP contribution in [-0.4, -0.2) is 44.9 Å². The predicted molar refractivity (Wildman–Crippen MR) is 65.4 cm³/mol. The van der Waals surface area contributed by atoms with Crippen molar-refractivity contribution in [2.75, 3.05) is 26.2 Å². The minimum absolute atomic E-state index is 0.00937. The number of piperazine rings is 1. The Kier molecular flexibility index (Phi) is 5.17. The first-order chi connectivity index (χ1) is 7.47. The van der Waals surface area contributed by atoms with Gasteiger partial charge in [0.15, 0.2) is 0 Å². The minimum Gasteiger partial charge on any atom is -0.314 e. The average molecular weight is 249 g/mol. The summed E-state index contributed by atoms with van der Waals surface area (Å²) in [6.45, 7) is 8.64.